The predicted octanol–water partition coefficient (Wildman–Crippen LogP) is 18.1. The lowest BCUT2D eigenvalue weighted by Gasteiger charge is -2.15. The van der Waals surface area contributed by atoms with Crippen LogP contribution in [0.1, 0.15) is 0 Å². The molecule has 0 atom stereocenters. The SMILES string of the molecule is [C-]#[N+]c1cc(Oc2ccc3c4cc(-c5ccccc5)ccc4n(-c4ccc(-n5c6ccccc6c6cccc(-n7c8ccccc8c8ccccc87)c65)cn4)c3c2)cc(-n2[c-][n+](-c3ccccc3-c3ccccc3)c3ccccc32)c1. The molecular formula is C73H45N7O. The highest BCUT2D eigenvalue weighted by atomic mass is 16.5. The molecule has 5 heterocycles. The van der Waals surface area contributed by atoms with E-state index in [-0.39, 0.29) is 0 Å². The molecule has 0 aliphatic heterocycles. The molecule has 8 heteroatoms. The van der Waals surface area contributed by atoms with Crippen molar-refractivity contribution in [1.29, 1.82) is 0 Å². The van der Waals surface area contributed by atoms with Gasteiger partial charge in [-0.15, -0.1) is 0 Å². The summed E-state index contributed by atoms with van der Waals surface area (Å²) in [4.78, 5) is 9.31. The van der Waals surface area contributed by atoms with Crippen molar-refractivity contribution in [2.24, 2.45) is 0 Å². The van der Waals surface area contributed by atoms with Crippen molar-refractivity contribution in [1.82, 2.24) is 23.3 Å². The van der Waals surface area contributed by atoms with Gasteiger partial charge in [0.05, 0.1) is 79.7 Å². The molecule has 0 saturated carbocycles. The highest BCUT2D eigenvalue weighted by molar-refractivity contribution is 6.15. The molecule has 8 nitrogen and oxygen atoms in total. The third-order valence-electron chi connectivity index (χ3n) is 15.9. The number of para-hydroxylation sites is 7. The van der Waals surface area contributed by atoms with E-state index in [4.69, 9.17) is 16.3 Å². The first kappa shape index (κ1) is 45.9. The fraction of sp³-hybridized carbons (Fsp3) is 0. The van der Waals surface area contributed by atoms with E-state index < -0.39 is 0 Å². The van der Waals surface area contributed by atoms with Crippen LogP contribution in [0, 0.1) is 12.9 Å². The molecule has 0 aliphatic rings. The molecule has 5 aromatic heterocycles. The maximum absolute atomic E-state index is 8.25. The number of pyridine rings is 1. The van der Waals surface area contributed by atoms with Crippen LogP contribution in [0.2, 0.25) is 0 Å². The van der Waals surface area contributed by atoms with Gasteiger partial charge in [-0.2, -0.15) is 0 Å². The predicted molar refractivity (Wildman–Crippen MR) is 328 cm³/mol. The normalized spacial score (nSPS) is 11.7. The Kier molecular flexibility index (Phi) is 10.4. The first-order valence-electron chi connectivity index (χ1n) is 27.1. The van der Waals surface area contributed by atoms with Crippen molar-refractivity contribution in [3.8, 4) is 62.3 Å². The largest absolute Gasteiger partial charge is 0.459 e. The quantitative estimate of drug-likeness (QED) is 0.107. The molecule has 0 spiro atoms. The molecule has 0 aliphatic carbocycles. The summed E-state index contributed by atoms with van der Waals surface area (Å²) in [5.74, 6) is 1.92. The topological polar surface area (TPSA) is 50.1 Å². The van der Waals surface area contributed by atoms with Gasteiger partial charge in [0.15, 0.2) is 5.69 Å². The minimum Gasteiger partial charge on any atom is -0.459 e. The highest BCUT2D eigenvalue weighted by Gasteiger charge is 2.22. The van der Waals surface area contributed by atoms with Gasteiger partial charge >= 0.3 is 0 Å². The van der Waals surface area contributed by atoms with Gasteiger partial charge in [-0.25, -0.2) is 9.83 Å². The van der Waals surface area contributed by atoms with Crippen LogP contribution in [0.4, 0.5) is 5.69 Å². The second-order valence-corrected chi connectivity index (χ2v) is 20.4. The molecule has 16 aromatic rings. The third kappa shape index (κ3) is 7.37. The Morgan fingerprint density at radius 2 is 1.04 bits per heavy atom. The zero-order valence-electron chi connectivity index (χ0n) is 43.5. The first-order chi connectivity index (χ1) is 40.1. The monoisotopic (exact) mass is 1040 g/mol. The average Bonchev–Trinajstić information content (AvgIpc) is 4.48. The smallest absolute Gasteiger partial charge is 0.269 e. The van der Waals surface area contributed by atoms with E-state index in [9.17, 15) is 0 Å². The van der Waals surface area contributed by atoms with Gasteiger partial charge < -0.3 is 13.9 Å². The maximum Gasteiger partial charge on any atom is 0.269 e. The Balaban J connectivity index is 0.832. The van der Waals surface area contributed by atoms with Gasteiger partial charge in [0.2, 0.25) is 0 Å². The van der Waals surface area contributed by atoms with Crippen LogP contribution in [0.3, 0.4) is 0 Å². The fourth-order valence-corrected chi connectivity index (χ4v) is 12.3. The second-order valence-electron chi connectivity index (χ2n) is 20.4. The van der Waals surface area contributed by atoms with E-state index in [2.05, 4.69) is 248 Å². The van der Waals surface area contributed by atoms with Crippen LogP contribution < -0.4 is 9.30 Å². The molecule has 16 rings (SSSR count). The summed E-state index contributed by atoms with van der Waals surface area (Å²) < 4.78 is 18.0. The van der Waals surface area contributed by atoms with E-state index in [0.717, 1.165) is 106 Å². The second kappa shape index (κ2) is 18.4. The molecule has 81 heavy (non-hydrogen) atoms. The zero-order chi connectivity index (χ0) is 53.5. The van der Waals surface area contributed by atoms with E-state index in [1.165, 1.54) is 21.5 Å². The third-order valence-corrected chi connectivity index (χ3v) is 15.9. The Hall–Kier alpha value is -11.3. The minimum absolute atomic E-state index is 0.447. The molecule has 11 aromatic carbocycles. The molecule has 378 valence electrons. The van der Waals surface area contributed by atoms with Crippen molar-refractivity contribution in [2.75, 3.05) is 0 Å². The average molecular weight is 1040 g/mol. The fourth-order valence-electron chi connectivity index (χ4n) is 12.3. The van der Waals surface area contributed by atoms with Crippen LogP contribution in [0.15, 0.2) is 273 Å². The lowest BCUT2D eigenvalue weighted by Crippen LogP contribution is -2.30. The number of rotatable bonds is 9. The van der Waals surface area contributed by atoms with Gasteiger partial charge in [0, 0.05) is 38.4 Å². The molecule has 0 saturated heterocycles. The molecule has 0 amide bonds. The summed E-state index contributed by atoms with van der Waals surface area (Å²) in [5, 5.41) is 6.93. The number of nitrogens with zero attached hydrogens (tertiary/aromatic N) is 7. The Bertz CT molecular complexity index is 5160. The maximum atomic E-state index is 8.25. The molecular weight excluding hydrogens is 991 g/mol. The van der Waals surface area contributed by atoms with Crippen LogP contribution in [0.5, 0.6) is 11.5 Å². The Labute approximate surface area is 465 Å². The number of hydrogen-bond donors (Lipinski definition) is 0. The van der Waals surface area contributed by atoms with Gasteiger partial charge in [0.25, 0.3) is 6.33 Å². The number of imidazole rings is 1. The minimum atomic E-state index is 0.447. The summed E-state index contributed by atoms with van der Waals surface area (Å²) in [6, 6.07) is 93.1. The summed E-state index contributed by atoms with van der Waals surface area (Å²) in [6.07, 6.45) is 5.67. The van der Waals surface area contributed by atoms with E-state index in [1.807, 2.05) is 53.2 Å². The van der Waals surface area contributed by atoms with Gasteiger partial charge in [-0.1, -0.05) is 176 Å². The van der Waals surface area contributed by atoms with Gasteiger partial charge in [-0.05, 0) is 107 Å². The summed E-state index contributed by atoms with van der Waals surface area (Å²) in [5.41, 5.74) is 17.1. The summed E-state index contributed by atoms with van der Waals surface area (Å²) in [7, 11) is 0. The summed E-state index contributed by atoms with van der Waals surface area (Å²) >= 11 is 0. The number of ether oxygens (including phenoxy) is 1. The van der Waals surface area contributed by atoms with Crippen molar-refractivity contribution >= 4 is 82.1 Å². The standard InChI is InChI=1S/C73H45N7O/c1-74-51-42-53(76-47-77(69-33-17-16-32-68(69)76)63-28-12-8-23-56(63)49-21-6-3-7-22-49)44-55(43-51)81-54-37-38-60-62-41-50(48-19-4-2-5-20-48)35-39-67(62)80(71(60)45-54)72-40-36-52(46-75-72)78-64-29-13-11-26-59(64)61-27-18-34-70(73(61)78)79-65-30-14-9-24-57(65)58-25-10-15-31-66(58)79/h2-46H. The summed E-state index contributed by atoms with van der Waals surface area (Å²) in [6.45, 7) is 8.25. The van der Waals surface area contributed by atoms with Gasteiger partial charge in [-0.3, -0.25) is 13.7 Å². The Morgan fingerprint density at radius 1 is 0.407 bits per heavy atom. The van der Waals surface area contributed by atoms with E-state index in [0.29, 0.717) is 17.2 Å². The zero-order valence-corrected chi connectivity index (χ0v) is 43.5. The van der Waals surface area contributed by atoms with Crippen molar-refractivity contribution < 1.29 is 9.30 Å². The molecule has 0 N–H and O–H groups in total. The first-order valence-corrected chi connectivity index (χ1v) is 27.1. The Morgan fingerprint density at radius 3 is 1.78 bits per heavy atom. The lowest BCUT2D eigenvalue weighted by atomic mass is 10.0. The van der Waals surface area contributed by atoms with Gasteiger partial charge in [0.1, 0.15) is 17.3 Å². The van der Waals surface area contributed by atoms with Crippen LogP contribution in [-0.4, -0.2) is 23.3 Å². The molecule has 0 fully saturated rings. The van der Waals surface area contributed by atoms with Crippen molar-refractivity contribution in [3.63, 3.8) is 0 Å². The molecule has 0 bridgehead atoms. The van der Waals surface area contributed by atoms with Crippen LogP contribution in [0.25, 0.3) is 132 Å². The lowest BCUT2D eigenvalue weighted by molar-refractivity contribution is -0.571. The number of fused-ring (bicyclic) bond motifs is 10. The molecule has 0 radical (unpaired) electrons. The van der Waals surface area contributed by atoms with Crippen LogP contribution in [-0.2, 0) is 0 Å². The van der Waals surface area contributed by atoms with Crippen LogP contribution >= 0.6 is 0 Å². The molecule has 0 unspecified atom stereocenters. The number of benzene rings is 11. The number of aromatic nitrogens is 6. The van der Waals surface area contributed by atoms with Crippen molar-refractivity contribution in [3.05, 3.63) is 291 Å². The van der Waals surface area contributed by atoms with E-state index in [1.54, 1.807) is 6.07 Å². The number of hydrogen-bond acceptors (Lipinski definition) is 2. The van der Waals surface area contributed by atoms with E-state index >= 15 is 0 Å². The highest BCUT2D eigenvalue weighted by Crippen LogP contribution is 2.42. The van der Waals surface area contributed by atoms with Crippen molar-refractivity contribution in [2.45, 2.75) is 0 Å².